The first-order valence-electron chi connectivity index (χ1n) is 9.16. The molecule has 150 valence electrons. The van der Waals surface area contributed by atoms with Crippen molar-refractivity contribution in [2.75, 3.05) is 17.2 Å². The van der Waals surface area contributed by atoms with Crippen molar-refractivity contribution < 1.29 is 18.0 Å². The highest BCUT2D eigenvalue weighted by molar-refractivity contribution is 7.89. The molecular formula is C20H25N3O4S. The van der Waals surface area contributed by atoms with Crippen LogP contribution in [0.25, 0.3) is 0 Å². The van der Waals surface area contributed by atoms with Gasteiger partial charge in [-0.25, -0.2) is 13.1 Å². The summed E-state index contributed by atoms with van der Waals surface area (Å²) < 4.78 is 26.3. The third-order valence-corrected chi connectivity index (χ3v) is 5.51. The largest absolute Gasteiger partial charge is 0.326 e. The monoisotopic (exact) mass is 403 g/mol. The molecule has 0 heterocycles. The number of sulfonamides is 1. The van der Waals surface area contributed by atoms with Crippen LogP contribution < -0.4 is 15.4 Å². The molecule has 2 amide bonds. The number of benzene rings is 2. The van der Waals surface area contributed by atoms with Crippen molar-refractivity contribution in [1.82, 2.24) is 4.72 Å². The minimum atomic E-state index is -3.53. The molecule has 2 aromatic rings. The number of unbranched alkanes of at least 4 members (excludes halogenated alkanes) is 1. The second-order valence-corrected chi connectivity index (χ2v) is 7.98. The molecule has 0 fully saturated rings. The Hall–Kier alpha value is -2.71. The summed E-state index contributed by atoms with van der Waals surface area (Å²) in [5.74, 6) is -0.377. The summed E-state index contributed by atoms with van der Waals surface area (Å²) in [6.07, 6.45) is 2.26. The Morgan fingerprint density at radius 3 is 2.00 bits per heavy atom. The summed E-state index contributed by atoms with van der Waals surface area (Å²) in [7, 11) is -3.53. The maximum absolute atomic E-state index is 12.3. The number of nitrogens with one attached hydrogen (secondary N) is 3. The van der Waals surface area contributed by atoms with Crippen LogP contribution in [0.4, 0.5) is 11.4 Å². The first-order chi connectivity index (χ1) is 13.4. The second-order valence-electron chi connectivity index (χ2n) is 6.21. The standard InChI is InChI=1S/C20H25N3O4S/c1-3-5-6-19(24)22-16-9-7-15(8-10-16)20(25)23-17-11-13-18(14-12-17)28(26,27)21-4-2/h7-14,21H,3-6H2,1-2H3,(H,22,24)(H,23,25). The molecular weight excluding hydrogens is 378 g/mol. The first kappa shape index (κ1) is 21.6. The fourth-order valence-electron chi connectivity index (χ4n) is 2.46. The fourth-order valence-corrected chi connectivity index (χ4v) is 3.50. The van der Waals surface area contributed by atoms with E-state index in [1.165, 1.54) is 24.3 Å². The summed E-state index contributed by atoms with van der Waals surface area (Å²) in [5, 5.41) is 5.51. The van der Waals surface area contributed by atoms with Gasteiger partial charge in [0.2, 0.25) is 15.9 Å². The molecule has 2 aromatic carbocycles. The number of anilines is 2. The minimum absolute atomic E-state index is 0.0494. The van der Waals surface area contributed by atoms with Crippen molar-refractivity contribution in [3.63, 3.8) is 0 Å². The van der Waals surface area contributed by atoms with Crippen LogP contribution in [0.2, 0.25) is 0 Å². The predicted octanol–water partition coefficient (Wildman–Crippen LogP) is 3.37. The first-order valence-corrected chi connectivity index (χ1v) is 10.6. The Bertz CT molecular complexity index is 907. The highest BCUT2D eigenvalue weighted by Gasteiger charge is 2.13. The molecule has 0 saturated carbocycles. The molecule has 0 aliphatic carbocycles. The lowest BCUT2D eigenvalue weighted by atomic mass is 10.1. The van der Waals surface area contributed by atoms with Gasteiger partial charge in [-0.3, -0.25) is 9.59 Å². The minimum Gasteiger partial charge on any atom is -0.326 e. The Morgan fingerprint density at radius 1 is 0.857 bits per heavy atom. The summed E-state index contributed by atoms with van der Waals surface area (Å²) in [6, 6.07) is 12.5. The van der Waals surface area contributed by atoms with E-state index < -0.39 is 10.0 Å². The summed E-state index contributed by atoms with van der Waals surface area (Å²) in [4.78, 5) is 24.2. The zero-order valence-electron chi connectivity index (χ0n) is 16.0. The lowest BCUT2D eigenvalue weighted by Crippen LogP contribution is -2.23. The maximum atomic E-state index is 12.3. The van der Waals surface area contributed by atoms with Crippen molar-refractivity contribution in [2.24, 2.45) is 0 Å². The van der Waals surface area contributed by atoms with Gasteiger partial charge in [0, 0.05) is 29.9 Å². The lowest BCUT2D eigenvalue weighted by Gasteiger charge is -2.09. The summed E-state index contributed by atoms with van der Waals surface area (Å²) in [6.45, 7) is 4.03. The average Bonchev–Trinajstić information content (AvgIpc) is 2.67. The molecule has 3 N–H and O–H groups in total. The van der Waals surface area contributed by atoms with E-state index in [-0.39, 0.29) is 16.7 Å². The SMILES string of the molecule is CCCCC(=O)Nc1ccc(C(=O)Nc2ccc(S(=O)(=O)NCC)cc2)cc1. The van der Waals surface area contributed by atoms with Gasteiger partial charge in [-0.15, -0.1) is 0 Å². The molecule has 2 rings (SSSR count). The smallest absolute Gasteiger partial charge is 0.255 e. The second kappa shape index (κ2) is 10.0. The Morgan fingerprint density at radius 2 is 1.43 bits per heavy atom. The van der Waals surface area contributed by atoms with Crippen molar-refractivity contribution in [1.29, 1.82) is 0 Å². The predicted molar refractivity (Wildman–Crippen MR) is 110 cm³/mol. The number of carbonyl (C=O) groups is 2. The number of hydrogen-bond acceptors (Lipinski definition) is 4. The van der Waals surface area contributed by atoms with Crippen LogP contribution in [0, 0.1) is 0 Å². The van der Waals surface area contributed by atoms with Crippen molar-refractivity contribution in [3.05, 3.63) is 54.1 Å². The number of carbonyl (C=O) groups excluding carboxylic acids is 2. The van der Waals surface area contributed by atoms with Crippen LogP contribution in [-0.4, -0.2) is 26.8 Å². The maximum Gasteiger partial charge on any atom is 0.255 e. The third kappa shape index (κ3) is 6.17. The topological polar surface area (TPSA) is 104 Å². The van der Waals surface area contributed by atoms with Crippen LogP contribution >= 0.6 is 0 Å². The molecule has 28 heavy (non-hydrogen) atoms. The third-order valence-electron chi connectivity index (χ3n) is 3.95. The molecule has 0 radical (unpaired) electrons. The molecule has 0 atom stereocenters. The zero-order chi connectivity index (χ0) is 20.6. The van der Waals surface area contributed by atoms with Gasteiger partial charge in [-0.2, -0.15) is 0 Å². The van der Waals surface area contributed by atoms with Gasteiger partial charge >= 0.3 is 0 Å². The van der Waals surface area contributed by atoms with E-state index in [1.807, 2.05) is 6.92 Å². The van der Waals surface area contributed by atoms with Crippen molar-refractivity contribution >= 4 is 33.2 Å². The molecule has 0 bridgehead atoms. The van der Waals surface area contributed by atoms with Gasteiger partial charge in [-0.05, 0) is 55.0 Å². The van der Waals surface area contributed by atoms with Crippen LogP contribution in [0.5, 0.6) is 0 Å². The zero-order valence-corrected chi connectivity index (χ0v) is 16.8. The van der Waals surface area contributed by atoms with Crippen molar-refractivity contribution in [3.8, 4) is 0 Å². The van der Waals surface area contributed by atoms with Gasteiger partial charge in [0.25, 0.3) is 5.91 Å². The quantitative estimate of drug-likeness (QED) is 0.597. The molecule has 8 heteroatoms. The van der Waals surface area contributed by atoms with Gasteiger partial charge in [0.05, 0.1) is 4.90 Å². The fraction of sp³-hybridized carbons (Fsp3) is 0.300. The number of rotatable bonds is 9. The molecule has 0 spiro atoms. The van der Waals surface area contributed by atoms with Crippen LogP contribution in [0.3, 0.4) is 0 Å². The Labute approximate surface area is 165 Å². The molecule has 0 saturated heterocycles. The number of amides is 2. The average molecular weight is 404 g/mol. The van der Waals surface area contributed by atoms with E-state index in [0.717, 1.165) is 12.8 Å². The highest BCUT2D eigenvalue weighted by Crippen LogP contribution is 2.16. The van der Waals surface area contributed by atoms with Crippen LogP contribution in [0.15, 0.2) is 53.4 Å². The van der Waals surface area contributed by atoms with E-state index >= 15 is 0 Å². The summed E-state index contributed by atoms with van der Waals surface area (Å²) >= 11 is 0. The highest BCUT2D eigenvalue weighted by atomic mass is 32.2. The van der Waals surface area contributed by atoms with Gasteiger partial charge in [0.15, 0.2) is 0 Å². The Balaban J connectivity index is 1.98. The van der Waals surface area contributed by atoms with Gasteiger partial charge < -0.3 is 10.6 Å². The van der Waals surface area contributed by atoms with Gasteiger partial charge in [-0.1, -0.05) is 20.3 Å². The normalized spacial score (nSPS) is 11.1. The molecule has 0 aromatic heterocycles. The van der Waals surface area contributed by atoms with E-state index in [9.17, 15) is 18.0 Å². The molecule has 7 nitrogen and oxygen atoms in total. The van der Waals surface area contributed by atoms with E-state index in [0.29, 0.717) is 29.9 Å². The van der Waals surface area contributed by atoms with E-state index in [4.69, 9.17) is 0 Å². The Kier molecular flexibility index (Phi) is 7.71. The van der Waals surface area contributed by atoms with Crippen LogP contribution in [0.1, 0.15) is 43.5 Å². The molecule has 0 aliphatic rings. The molecule has 0 unspecified atom stereocenters. The van der Waals surface area contributed by atoms with Crippen molar-refractivity contribution in [2.45, 2.75) is 38.0 Å². The van der Waals surface area contributed by atoms with E-state index in [1.54, 1.807) is 31.2 Å². The number of hydrogen-bond donors (Lipinski definition) is 3. The van der Waals surface area contributed by atoms with Crippen LogP contribution in [-0.2, 0) is 14.8 Å². The van der Waals surface area contributed by atoms with Gasteiger partial charge in [0.1, 0.15) is 0 Å². The van der Waals surface area contributed by atoms with E-state index in [2.05, 4.69) is 15.4 Å². The lowest BCUT2D eigenvalue weighted by molar-refractivity contribution is -0.116. The summed E-state index contributed by atoms with van der Waals surface area (Å²) in [5.41, 5.74) is 1.55. The molecule has 0 aliphatic heterocycles.